The van der Waals surface area contributed by atoms with E-state index in [1.54, 1.807) is 6.20 Å². The van der Waals surface area contributed by atoms with Crippen LogP contribution in [0.5, 0.6) is 0 Å². The van der Waals surface area contributed by atoms with Gasteiger partial charge in [0.05, 0.1) is 5.02 Å². The number of pyridine rings is 1. The van der Waals surface area contributed by atoms with Gasteiger partial charge in [0, 0.05) is 17.8 Å². The quantitative estimate of drug-likeness (QED) is 0.751. The van der Waals surface area contributed by atoms with Gasteiger partial charge in [0.2, 0.25) is 0 Å². The van der Waals surface area contributed by atoms with Gasteiger partial charge in [-0.1, -0.05) is 24.6 Å². The molecule has 4 heteroatoms. The molecule has 0 bridgehead atoms. The first-order valence-electron chi connectivity index (χ1n) is 5.44. The van der Waals surface area contributed by atoms with Gasteiger partial charge in [0.1, 0.15) is 5.82 Å². The summed E-state index contributed by atoms with van der Waals surface area (Å²) in [5, 5.41) is 4.01. The van der Waals surface area contributed by atoms with Crippen LogP contribution in [0, 0.1) is 0 Å². The molecular formula is C12H18ClN3. The van der Waals surface area contributed by atoms with Crippen LogP contribution in [-0.4, -0.2) is 11.5 Å². The molecule has 1 aromatic heterocycles. The van der Waals surface area contributed by atoms with Crippen LogP contribution in [0.15, 0.2) is 24.9 Å². The fourth-order valence-electron chi connectivity index (χ4n) is 1.55. The molecule has 0 radical (unpaired) electrons. The average Bonchev–Trinajstić information content (AvgIpc) is 2.28. The third-order valence-electron chi connectivity index (χ3n) is 2.33. The minimum absolute atomic E-state index is 0.142. The average molecular weight is 240 g/mol. The second-order valence-electron chi connectivity index (χ2n) is 3.66. The van der Waals surface area contributed by atoms with Crippen LogP contribution in [0.2, 0.25) is 5.02 Å². The molecule has 1 aromatic rings. The number of nitrogens with one attached hydrogen (secondary N) is 1. The summed E-state index contributed by atoms with van der Waals surface area (Å²) < 4.78 is 0. The molecule has 1 atom stereocenters. The number of aromatic nitrogens is 1. The maximum absolute atomic E-state index is 5.92. The fraction of sp³-hybridized carbons (Fsp3) is 0.417. The molecule has 0 spiro atoms. The second-order valence-corrected chi connectivity index (χ2v) is 4.10. The highest BCUT2D eigenvalue weighted by Gasteiger charge is 2.13. The van der Waals surface area contributed by atoms with E-state index in [2.05, 4.69) is 23.8 Å². The van der Waals surface area contributed by atoms with Gasteiger partial charge in [0.25, 0.3) is 0 Å². The predicted molar refractivity (Wildman–Crippen MR) is 69.5 cm³/mol. The Morgan fingerprint density at radius 1 is 1.69 bits per heavy atom. The highest BCUT2D eigenvalue weighted by molar-refractivity contribution is 6.30. The largest absolute Gasteiger partial charge is 0.383 e. The Balaban J connectivity index is 2.90. The molecule has 0 aromatic carbocycles. The zero-order valence-electron chi connectivity index (χ0n) is 9.54. The molecule has 0 fully saturated rings. The smallest absolute Gasteiger partial charge is 0.128 e. The molecule has 0 aliphatic rings. The SMILES string of the molecule is C=CCC(NCCC)c1cc(Cl)cnc1N. The molecule has 0 amide bonds. The maximum atomic E-state index is 5.92. The van der Waals surface area contributed by atoms with Crippen molar-refractivity contribution in [3.8, 4) is 0 Å². The first-order valence-corrected chi connectivity index (χ1v) is 5.82. The van der Waals surface area contributed by atoms with Crippen molar-refractivity contribution in [2.24, 2.45) is 0 Å². The Hall–Kier alpha value is -1.06. The van der Waals surface area contributed by atoms with Crippen molar-refractivity contribution in [2.45, 2.75) is 25.8 Å². The Morgan fingerprint density at radius 3 is 3.06 bits per heavy atom. The van der Waals surface area contributed by atoms with E-state index in [9.17, 15) is 0 Å². The maximum Gasteiger partial charge on any atom is 0.128 e. The van der Waals surface area contributed by atoms with Crippen LogP contribution in [0.25, 0.3) is 0 Å². The van der Waals surface area contributed by atoms with Gasteiger partial charge in [-0.15, -0.1) is 6.58 Å². The highest BCUT2D eigenvalue weighted by Crippen LogP contribution is 2.24. The molecule has 1 rings (SSSR count). The molecule has 1 heterocycles. The lowest BCUT2D eigenvalue weighted by Gasteiger charge is -2.18. The summed E-state index contributed by atoms with van der Waals surface area (Å²) in [6.07, 6.45) is 5.31. The van der Waals surface area contributed by atoms with Crippen molar-refractivity contribution in [1.29, 1.82) is 0 Å². The van der Waals surface area contributed by atoms with Crippen molar-refractivity contribution in [1.82, 2.24) is 10.3 Å². The van der Waals surface area contributed by atoms with Gasteiger partial charge in [-0.2, -0.15) is 0 Å². The second kappa shape index (κ2) is 6.51. The summed E-state index contributed by atoms with van der Waals surface area (Å²) in [6, 6.07) is 2.00. The fourth-order valence-corrected chi connectivity index (χ4v) is 1.72. The zero-order chi connectivity index (χ0) is 12.0. The summed E-state index contributed by atoms with van der Waals surface area (Å²) in [6.45, 7) is 6.81. The molecule has 88 valence electrons. The number of hydrogen-bond donors (Lipinski definition) is 2. The summed E-state index contributed by atoms with van der Waals surface area (Å²) in [7, 11) is 0. The van der Waals surface area contributed by atoms with E-state index >= 15 is 0 Å². The van der Waals surface area contributed by atoms with E-state index in [4.69, 9.17) is 17.3 Å². The number of anilines is 1. The summed E-state index contributed by atoms with van der Waals surface area (Å²) in [4.78, 5) is 4.06. The summed E-state index contributed by atoms with van der Waals surface area (Å²) in [5.74, 6) is 0.528. The first-order chi connectivity index (χ1) is 7.69. The number of nitrogens with two attached hydrogens (primary N) is 1. The van der Waals surface area contributed by atoms with Crippen LogP contribution in [0.1, 0.15) is 31.4 Å². The monoisotopic (exact) mass is 239 g/mol. The van der Waals surface area contributed by atoms with Gasteiger partial charge in [0.15, 0.2) is 0 Å². The van der Waals surface area contributed by atoms with Gasteiger partial charge >= 0.3 is 0 Å². The van der Waals surface area contributed by atoms with E-state index in [0.29, 0.717) is 10.8 Å². The van der Waals surface area contributed by atoms with Crippen LogP contribution in [-0.2, 0) is 0 Å². The minimum Gasteiger partial charge on any atom is -0.383 e. The van der Waals surface area contributed by atoms with Crippen LogP contribution in [0.4, 0.5) is 5.82 Å². The molecule has 0 saturated carbocycles. The Bertz CT molecular complexity index is 352. The Labute approximate surface area is 102 Å². The van der Waals surface area contributed by atoms with E-state index in [0.717, 1.165) is 24.9 Å². The third-order valence-corrected chi connectivity index (χ3v) is 2.54. The standard InChI is InChI=1S/C12H18ClN3/c1-3-5-11(15-6-4-2)10-7-9(13)8-16-12(10)14/h3,7-8,11,15H,1,4-6H2,2H3,(H2,14,16). The van der Waals surface area contributed by atoms with Gasteiger partial charge in [-0.25, -0.2) is 4.98 Å². The molecule has 0 saturated heterocycles. The molecular weight excluding hydrogens is 222 g/mol. The molecule has 16 heavy (non-hydrogen) atoms. The van der Waals surface area contributed by atoms with Crippen LogP contribution in [0.3, 0.4) is 0 Å². The lowest BCUT2D eigenvalue weighted by Crippen LogP contribution is -2.23. The van der Waals surface area contributed by atoms with Crippen molar-refractivity contribution >= 4 is 17.4 Å². The molecule has 0 aliphatic heterocycles. The van der Waals surface area contributed by atoms with E-state index in [-0.39, 0.29) is 6.04 Å². The van der Waals surface area contributed by atoms with Crippen molar-refractivity contribution < 1.29 is 0 Å². The van der Waals surface area contributed by atoms with Gasteiger partial charge < -0.3 is 11.1 Å². The third kappa shape index (κ3) is 3.51. The predicted octanol–water partition coefficient (Wildman–Crippen LogP) is 2.93. The molecule has 3 nitrogen and oxygen atoms in total. The number of hydrogen-bond acceptors (Lipinski definition) is 3. The lowest BCUT2D eigenvalue weighted by molar-refractivity contribution is 0.537. The normalized spacial score (nSPS) is 12.4. The first kappa shape index (κ1) is 13.0. The Morgan fingerprint density at radius 2 is 2.44 bits per heavy atom. The van der Waals surface area contributed by atoms with Gasteiger partial charge in [-0.3, -0.25) is 0 Å². The van der Waals surface area contributed by atoms with E-state index < -0.39 is 0 Å². The summed E-state index contributed by atoms with van der Waals surface area (Å²) >= 11 is 5.92. The molecule has 0 aliphatic carbocycles. The number of nitrogen functional groups attached to an aromatic ring is 1. The number of rotatable bonds is 6. The topological polar surface area (TPSA) is 50.9 Å². The lowest BCUT2D eigenvalue weighted by atomic mass is 10.0. The van der Waals surface area contributed by atoms with Crippen LogP contribution >= 0.6 is 11.6 Å². The molecule has 1 unspecified atom stereocenters. The van der Waals surface area contributed by atoms with Gasteiger partial charge in [-0.05, 0) is 25.5 Å². The van der Waals surface area contributed by atoms with Crippen molar-refractivity contribution in [3.05, 3.63) is 35.5 Å². The van der Waals surface area contributed by atoms with Crippen LogP contribution < -0.4 is 11.1 Å². The Kier molecular flexibility index (Phi) is 5.29. The van der Waals surface area contributed by atoms with E-state index in [1.807, 2.05) is 12.1 Å². The van der Waals surface area contributed by atoms with Crippen molar-refractivity contribution in [2.75, 3.05) is 12.3 Å². The number of nitrogens with zero attached hydrogens (tertiary/aromatic N) is 1. The van der Waals surface area contributed by atoms with Crippen molar-refractivity contribution in [3.63, 3.8) is 0 Å². The molecule has 3 N–H and O–H groups in total. The minimum atomic E-state index is 0.142. The zero-order valence-corrected chi connectivity index (χ0v) is 10.3. The van der Waals surface area contributed by atoms with E-state index in [1.165, 1.54) is 0 Å². The summed E-state index contributed by atoms with van der Waals surface area (Å²) in [5.41, 5.74) is 6.79. The number of halogens is 1. The highest BCUT2D eigenvalue weighted by atomic mass is 35.5.